The number of aliphatic imine (C=N–C) groups is 1. The van der Waals surface area contributed by atoms with Gasteiger partial charge >= 0.3 is 0 Å². The summed E-state index contributed by atoms with van der Waals surface area (Å²) >= 11 is 3.50. The van der Waals surface area contributed by atoms with Crippen LogP contribution in [-0.4, -0.2) is 37.8 Å². The van der Waals surface area contributed by atoms with Gasteiger partial charge in [0.2, 0.25) is 0 Å². The second-order valence-electron chi connectivity index (χ2n) is 7.26. The van der Waals surface area contributed by atoms with E-state index in [2.05, 4.69) is 79.7 Å². The van der Waals surface area contributed by atoms with Crippen molar-refractivity contribution in [3.63, 3.8) is 0 Å². The summed E-state index contributed by atoms with van der Waals surface area (Å²) in [7, 11) is 1.79. The number of hydrogen-bond acceptors (Lipinski definition) is 4. The van der Waals surface area contributed by atoms with E-state index in [-0.39, 0.29) is 0 Å². The molecule has 1 aliphatic rings. The Balaban J connectivity index is 1.43. The molecule has 1 aromatic carbocycles. The summed E-state index contributed by atoms with van der Waals surface area (Å²) in [5.74, 6) is 2.59. The van der Waals surface area contributed by atoms with E-state index >= 15 is 0 Å². The van der Waals surface area contributed by atoms with Crippen molar-refractivity contribution in [1.29, 1.82) is 0 Å². The van der Waals surface area contributed by atoms with Gasteiger partial charge in [0.1, 0.15) is 0 Å². The first kappa shape index (κ1) is 19.7. The first-order valence-corrected chi connectivity index (χ1v) is 10.2. The first-order valence-electron chi connectivity index (χ1n) is 9.45. The van der Waals surface area contributed by atoms with Crippen LogP contribution in [0.2, 0.25) is 0 Å². The van der Waals surface area contributed by atoms with E-state index in [1.807, 2.05) is 6.07 Å². The van der Waals surface area contributed by atoms with Crippen molar-refractivity contribution < 1.29 is 4.52 Å². The van der Waals surface area contributed by atoms with E-state index in [9.17, 15) is 0 Å². The van der Waals surface area contributed by atoms with Gasteiger partial charge in [-0.1, -0.05) is 34.9 Å². The maximum Gasteiger partial charge on any atom is 0.191 e. The fraction of sp³-hybridized carbons (Fsp3) is 0.500. The highest BCUT2D eigenvalue weighted by molar-refractivity contribution is 9.10. The van der Waals surface area contributed by atoms with Crippen LogP contribution in [0.25, 0.3) is 0 Å². The Morgan fingerprint density at radius 2 is 2.11 bits per heavy atom. The van der Waals surface area contributed by atoms with Crippen LogP contribution in [0.1, 0.15) is 37.6 Å². The minimum absolute atomic E-state index is 0.371. The molecule has 3 rings (SSSR count). The van der Waals surface area contributed by atoms with E-state index < -0.39 is 0 Å². The standard InChI is InChI=1S/C20H28BrN5O/c1-14(2)19-10-18(27-25-19)12-24-20(22-3)23-11-15-8-9-26(13-15)17-6-4-16(21)5-7-17/h4-7,10,14-15H,8-9,11-13H2,1-3H3,(H2,22,23,24). The number of benzene rings is 1. The van der Waals surface area contributed by atoms with Crippen LogP contribution in [0.15, 0.2) is 44.3 Å². The lowest BCUT2D eigenvalue weighted by molar-refractivity contribution is 0.371. The molecule has 2 aromatic rings. The molecule has 1 fully saturated rings. The van der Waals surface area contributed by atoms with Gasteiger partial charge in [-0.05, 0) is 42.5 Å². The van der Waals surface area contributed by atoms with E-state index in [0.717, 1.165) is 41.5 Å². The van der Waals surface area contributed by atoms with Gasteiger partial charge in [0.15, 0.2) is 11.7 Å². The van der Waals surface area contributed by atoms with Crippen LogP contribution < -0.4 is 15.5 Å². The van der Waals surface area contributed by atoms with Gasteiger partial charge < -0.3 is 20.1 Å². The number of nitrogens with one attached hydrogen (secondary N) is 2. The molecule has 1 aliphatic heterocycles. The third-order valence-electron chi connectivity index (χ3n) is 4.86. The van der Waals surface area contributed by atoms with E-state index in [1.165, 1.54) is 12.1 Å². The number of halogens is 1. The largest absolute Gasteiger partial charge is 0.371 e. The van der Waals surface area contributed by atoms with Crippen molar-refractivity contribution in [3.8, 4) is 0 Å². The topological polar surface area (TPSA) is 65.7 Å². The summed E-state index contributed by atoms with van der Waals surface area (Å²) in [4.78, 5) is 6.75. The second-order valence-corrected chi connectivity index (χ2v) is 8.17. The number of hydrogen-bond donors (Lipinski definition) is 2. The summed E-state index contributed by atoms with van der Waals surface area (Å²) in [6, 6.07) is 10.5. The molecular formula is C20H28BrN5O. The van der Waals surface area contributed by atoms with Gasteiger partial charge in [0.25, 0.3) is 0 Å². The fourth-order valence-electron chi connectivity index (χ4n) is 3.20. The average Bonchev–Trinajstić information content (AvgIpc) is 3.32. The molecule has 27 heavy (non-hydrogen) atoms. The highest BCUT2D eigenvalue weighted by Crippen LogP contribution is 2.25. The Kier molecular flexibility index (Phi) is 6.77. The quantitative estimate of drug-likeness (QED) is 0.536. The molecule has 0 aliphatic carbocycles. The molecule has 0 spiro atoms. The second kappa shape index (κ2) is 9.26. The molecule has 1 unspecified atom stereocenters. The smallest absolute Gasteiger partial charge is 0.191 e. The SMILES string of the molecule is CN=C(NCc1cc(C(C)C)no1)NCC1CCN(c2ccc(Br)cc2)C1. The average molecular weight is 434 g/mol. The number of rotatable bonds is 6. The predicted molar refractivity (Wildman–Crippen MR) is 113 cm³/mol. The lowest BCUT2D eigenvalue weighted by atomic mass is 10.1. The molecule has 1 saturated heterocycles. The summed E-state index contributed by atoms with van der Waals surface area (Å²) in [5, 5.41) is 10.8. The highest BCUT2D eigenvalue weighted by Gasteiger charge is 2.22. The Labute approximate surface area is 169 Å². The molecule has 1 atom stereocenters. The minimum Gasteiger partial charge on any atom is -0.371 e. The first-order chi connectivity index (χ1) is 13.0. The van der Waals surface area contributed by atoms with Crippen molar-refractivity contribution in [2.75, 3.05) is 31.6 Å². The molecular weight excluding hydrogens is 406 g/mol. The number of aromatic nitrogens is 1. The molecule has 0 bridgehead atoms. The molecule has 0 saturated carbocycles. The monoisotopic (exact) mass is 433 g/mol. The van der Waals surface area contributed by atoms with Crippen LogP contribution in [0.4, 0.5) is 5.69 Å². The molecule has 146 valence electrons. The molecule has 0 amide bonds. The zero-order valence-corrected chi connectivity index (χ0v) is 17.8. The van der Waals surface area contributed by atoms with Crippen molar-refractivity contribution >= 4 is 27.6 Å². The van der Waals surface area contributed by atoms with Crippen molar-refractivity contribution in [1.82, 2.24) is 15.8 Å². The number of guanidine groups is 1. The Morgan fingerprint density at radius 3 is 2.78 bits per heavy atom. The van der Waals surface area contributed by atoms with Crippen LogP contribution in [0.5, 0.6) is 0 Å². The summed E-state index contributed by atoms with van der Waals surface area (Å²) in [5.41, 5.74) is 2.27. The summed E-state index contributed by atoms with van der Waals surface area (Å²) in [6.07, 6.45) is 1.18. The summed E-state index contributed by atoms with van der Waals surface area (Å²) < 4.78 is 6.48. The number of anilines is 1. The molecule has 2 N–H and O–H groups in total. The van der Waals surface area contributed by atoms with Crippen LogP contribution >= 0.6 is 15.9 Å². The third kappa shape index (κ3) is 5.48. The van der Waals surface area contributed by atoms with Crippen molar-refractivity contribution in [3.05, 3.63) is 46.3 Å². The van der Waals surface area contributed by atoms with Gasteiger partial charge in [-0.25, -0.2) is 0 Å². The highest BCUT2D eigenvalue weighted by atomic mass is 79.9. The van der Waals surface area contributed by atoms with Gasteiger partial charge in [0.05, 0.1) is 12.2 Å². The normalized spacial score (nSPS) is 17.6. The van der Waals surface area contributed by atoms with Gasteiger partial charge in [-0.3, -0.25) is 4.99 Å². The lowest BCUT2D eigenvalue weighted by Crippen LogP contribution is -2.39. The Hall–Kier alpha value is -2.02. The molecule has 0 radical (unpaired) electrons. The van der Waals surface area contributed by atoms with Crippen molar-refractivity contribution in [2.24, 2.45) is 10.9 Å². The van der Waals surface area contributed by atoms with Crippen molar-refractivity contribution in [2.45, 2.75) is 32.7 Å². The third-order valence-corrected chi connectivity index (χ3v) is 5.39. The van der Waals surface area contributed by atoms with Gasteiger partial charge in [0, 0.05) is 42.9 Å². The molecule has 2 heterocycles. The fourth-order valence-corrected chi connectivity index (χ4v) is 3.47. The lowest BCUT2D eigenvalue weighted by Gasteiger charge is -2.19. The molecule has 7 heteroatoms. The Bertz CT molecular complexity index is 756. The molecule has 6 nitrogen and oxygen atoms in total. The zero-order chi connectivity index (χ0) is 19.2. The zero-order valence-electron chi connectivity index (χ0n) is 16.2. The maximum atomic E-state index is 5.36. The van der Waals surface area contributed by atoms with E-state index in [4.69, 9.17) is 4.52 Å². The predicted octanol–water partition coefficient (Wildman–Crippen LogP) is 3.75. The number of nitrogens with zero attached hydrogens (tertiary/aromatic N) is 3. The van der Waals surface area contributed by atoms with Crippen LogP contribution in [0.3, 0.4) is 0 Å². The van der Waals surface area contributed by atoms with Gasteiger partial charge in [-0.2, -0.15) is 0 Å². The van der Waals surface area contributed by atoms with Crippen LogP contribution in [-0.2, 0) is 6.54 Å². The van der Waals surface area contributed by atoms with Gasteiger partial charge in [-0.15, -0.1) is 0 Å². The van der Waals surface area contributed by atoms with Crippen LogP contribution in [0, 0.1) is 5.92 Å². The maximum absolute atomic E-state index is 5.36. The Morgan fingerprint density at radius 1 is 1.33 bits per heavy atom. The minimum atomic E-state index is 0.371. The summed E-state index contributed by atoms with van der Waals surface area (Å²) in [6.45, 7) is 7.85. The van der Waals surface area contributed by atoms with E-state index in [0.29, 0.717) is 18.4 Å². The van der Waals surface area contributed by atoms with E-state index in [1.54, 1.807) is 7.05 Å². The molecule has 1 aromatic heterocycles.